The number of nitrogens with zero attached hydrogens (tertiary/aromatic N) is 1. The highest BCUT2D eigenvalue weighted by Gasteiger charge is 2.36. The molecule has 0 spiro atoms. The Bertz CT molecular complexity index is 745. The van der Waals surface area contributed by atoms with Crippen LogP contribution in [-0.2, 0) is 19.4 Å². The van der Waals surface area contributed by atoms with Crippen LogP contribution in [0.5, 0.6) is 5.75 Å². The SMILES string of the molecule is CC[C@H](C)N(C(=O)COc1ccc(NC(C)=O)cc1)[C@H]1CCS(=O)(=O)C1. The molecule has 1 aromatic rings. The minimum absolute atomic E-state index is 0.0223. The quantitative estimate of drug-likeness (QED) is 0.777. The molecule has 1 aliphatic heterocycles. The monoisotopic (exact) mass is 382 g/mol. The summed E-state index contributed by atoms with van der Waals surface area (Å²) in [6.45, 7) is 5.16. The van der Waals surface area contributed by atoms with Crippen molar-refractivity contribution in [1.29, 1.82) is 0 Å². The Kier molecular flexibility index (Phi) is 6.63. The highest BCUT2D eigenvalue weighted by atomic mass is 32.2. The van der Waals surface area contributed by atoms with E-state index in [1.165, 1.54) is 6.92 Å². The van der Waals surface area contributed by atoms with Crippen LogP contribution in [0.2, 0.25) is 0 Å². The molecule has 2 rings (SSSR count). The van der Waals surface area contributed by atoms with Crippen LogP contribution in [0.3, 0.4) is 0 Å². The predicted molar refractivity (Wildman–Crippen MR) is 99.9 cm³/mol. The third-order valence-electron chi connectivity index (χ3n) is 4.49. The fourth-order valence-electron chi connectivity index (χ4n) is 3.06. The molecule has 0 aliphatic carbocycles. The summed E-state index contributed by atoms with van der Waals surface area (Å²) in [7, 11) is -3.07. The van der Waals surface area contributed by atoms with Crippen LogP contribution in [0.25, 0.3) is 0 Å². The molecule has 2 atom stereocenters. The number of rotatable bonds is 7. The standard InChI is InChI=1S/C18H26N2O5S/c1-4-13(2)20(16-9-10-26(23,24)12-16)18(22)11-25-17-7-5-15(6-8-17)19-14(3)21/h5-8,13,16H,4,9-12H2,1-3H3,(H,19,21)/t13-,16-/m0/s1. The van der Waals surface area contributed by atoms with E-state index in [9.17, 15) is 18.0 Å². The molecule has 1 N–H and O–H groups in total. The summed E-state index contributed by atoms with van der Waals surface area (Å²) in [5.41, 5.74) is 0.647. The maximum absolute atomic E-state index is 12.7. The van der Waals surface area contributed by atoms with E-state index >= 15 is 0 Å². The number of amides is 2. The Hall–Kier alpha value is -2.09. The molecule has 1 aliphatic rings. The van der Waals surface area contributed by atoms with Crippen molar-refractivity contribution in [1.82, 2.24) is 4.90 Å². The van der Waals surface area contributed by atoms with E-state index in [0.29, 0.717) is 17.9 Å². The van der Waals surface area contributed by atoms with Crippen molar-refractivity contribution in [3.05, 3.63) is 24.3 Å². The van der Waals surface area contributed by atoms with E-state index in [4.69, 9.17) is 4.74 Å². The molecule has 1 heterocycles. The largest absolute Gasteiger partial charge is 0.484 e. The normalized spacial score (nSPS) is 19.6. The first-order valence-corrected chi connectivity index (χ1v) is 10.6. The van der Waals surface area contributed by atoms with E-state index < -0.39 is 9.84 Å². The summed E-state index contributed by atoms with van der Waals surface area (Å²) in [4.78, 5) is 25.4. The van der Waals surface area contributed by atoms with Gasteiger partial charge in [-0.25, -0.2) is 8.42 Å². The molecule has 144 valence electrons. The molecule has 0 bridgehead atoms. The zero-order valence-electron chi connectivity index (χ0n) is 15.4. The first kappa shape index (κ1) is 20.2. The summed E-state index contributed by atoms with van der Waals surface area (Å²) in [5.74, 6) is 0.283. The molecular weight excluding hydrogens is 356 g/mol. The van der Waals surface area contributed by atoms with Crippen molar-refractivity contribution in [3.63, 3.8) is 0 Å². The lowest BCUT2D eigenvalue weighted by Gasteiger charge is -2.33. The van der Waals surface area contributed by atoms with Gasteiger partial charge in [0.25, 0.3) is 5.91 Å². The zero-order valence-corrected chi connectivity index (χ0v) is 16.2. The van der Waals surface area contributed by atoms with E-state index in [1.807, 2.05) is 13.8 Å². The lowest BCUT2D eigenvalue weighted by molar-refractivity contribution is -0.137. The molecule has 26 heavy (non-hydrogen) atoms. The second-order valence-corrected chi connectivity index (χ2v) is 8.84. The van der Waals surface area contributed by atoms with Gasteiger partial charge in [-0.2, -0.15) is 0 Å². The van der Waals surface area contributed by atoms with Gasteiger partial charge in [-0.3, -0.25) is 9.59 Å². The summed E-state index contributed by atoms with van der Waals surface area (Å²) in [5, 5.41) is 2.66. The van der Waals surface area contributed by atoms with Crippen LogP contribution in [0, 0.1) is 0 Å². The number of anilines is 1. The number of carbonyl (C=O) groups is 2. The van der Waals surface area contributed by atoms with Crippen molar-refractivity contribution >= 4 is 27.3 Å². The van der Waals surface area contributed by atoms with Gasteiger partial charge in [0.15, 0.2) is 16.4 Å². The molecule has 0 radical (unpaired) electrons. The summed E-state index contributed by atoms with van der Waals surface area (Å²) < 4.78 is 29.1. The van der Waals surface area contributed by atoms with Crippen LogP contribution >= 0.6 is 0 Å². The molecule has 7 nitrogen and oxygen atoms in total. The van der Waals surface area contributed by atoms with Gasteiger partial charge in [-0.05, 0) is 44.0 Å². The van der Waals surface area contributed by atoms with Gasteiger partial charge in [0.2, 0.25) is 5.91 Å². The maximum Gasteiger partial charge on any atom is 0.261 e. The Morgan fingerprint density at radius 3 is 2.46 bits per heavy atom. The minimum atomic E-state index is -3.07. The number of hydrogen-bond acceptors (Lipinski definition) is 5. The van der Waals surface area contributed by atoms with Crippen molar-refractivity contribution in [2.75, 3.05) is 23.4 Å². The van der Waals surface area contributed by atoms with Crippen molar-refractivity contribution in [2.24, 2.45) is 0 Å². The van der Waals surface area contributed by atoms with Crippen LogP contribution < -0.4 is 10.1 Å². The highest BCUT2D eigenvalue weighted by Crippen LogP contribution is 2.22. The summed E-state index contributed by atoms with van der Waals surface area (Å²) >= 11 is 0. The summed E-state index contributed by atoms with van der Waals surface area (Å²) in [6.07, 6.45) is 1.22. The second kappa shape index (κ2) is 8.53. The number of carbonyl (C=O) groups excluding carboxylic acids is 2. The van der Waals surface area contributed by atoms with Crippen LogP contribution in [0.15, 0.2) is 24.3 Å². The first-order valence-electron chi connectivity index (χ1n) is 8.74. The van der Waals surface area contributed by atoms with Gasteiger partial charge in [-0.1, -0.05) is 6.92 Å². The molecule has 0 saturated carbocycles. The molecular formula is C18H26N2O5S. The number of hydrogen-bond donors (Lipinski definition) is 1. The van der Waals surface area contributed by atoms with Gasteiger partial charge < -0.3 is 15.0 Å². The Labute approximate surface area is 154 Å². The highest BCUT2D eigenvalue weighted by molar-refractivity contribution is 7.91. The van der Waals surface area contributed by atoms with Crippen LogP contribution in [-0.4, -0.2) is 55.3 Å². The van der Waals surface area contributed by atoms with E-state index in [1.54, 1.807) is 29.2 Å². The lowest BCUT2D eigenvalue weighted by Crippen LogP contribution is -2.48. The molecule has 1 fully saturated rings. The Morgan fingerprint density at radius 1 is 1.31 bits per heavy atom. The van der Waals surface area contributed by atoms with Gasteiger partial charge >= 0.3 is 0 Å². The minimum Gasteiger partial charge on any atom is -0.484 e. The smallest absolute Gasteiger partial charge is 0.261 e. The average Bonchev–Trinajstić information content (AvgIpc) is 2.93. The van der Waals surface area contributed by atoms with Crippen LogP contribution in [0.4, 0.5) is 5.69 Å². The maximum atomic E-state index is 12.7. The third kappa shape index (κ3) is 5.45. The van der Waals surface area contributed by atoms with E-state index in [2.05, 4.69) is 5.32 Å². The average molecular weight is 382 g/mol. The fraction of sp³-hybridized carbons (Fsp3) is 0.556. The van der Waals surface area contributed by atoms with E-state index in [-0.39, 0.29) is 42.0 Å². The Morgan fingerprint density at radius 2 is 1.96 bits per heavy atom. The third-order valence-corrected chi connectivity index (χ3v) is 6.24. The number of ether oxygens (including phenoxy) is 1. The van der Waals surface area contributed by atoms with Gasteiger partial charge in [-0.15, -0.1) is 0 Å². The van der Waals surface area contributed by atoms with Crippen molar-refractivity contribution in [3.8, 4) is 5.75 Å². The number of sulfone groups is 1. The fourth-order valence-corrected chi connectivity index (χ4v) is 4.77. The zero-order chi connectivity index (χ0) is 19.3. The van der Waals surface area contributed by atoms with Crippen molar-refractivity contribution in [2.45, 2.75) is 45.7 Å². The molecule has 1 aromatic carbocycles. The molecule has 2 amide bonds. The predicted octanol–water partition coefficient (Wildman–Crippen LogP) is 1.84. The lowest BCUT2D eigenvalue weighted by atomic mass is 10.1. The Balaban J connectivity index is 1.99. The van der Waals surface area contributed by atoms with Crippen molar-refractivity contribution < 1.29 is 22.7 Å². The topological polar surface area (TPSA) is 92.8 Å². The second-order valence-electron chi connectivity index (χ2n) is 6.61. The first-order chi connectivity index (χ1) is 12.2. The summed E-state index contributed by atoms with van der Waals surface area (Å²) in [6, 6.07) is 6.40. The molecule has 0 aromatic heterocycles. The van der Waals surface area contributed by atoms with Crippen LogP contribution in [0.1, 0.15) is 33.6 Å². The molecule has 8 heteroatoms. The number of benzene rings is 1. The van der Waals surface area contributed by atoms with E-state index in [0.717, 1.165) is 6.42 Å². The van der Waals surface area contributed by atoms with Gasteiger partial charge in [0, 0.05) is 24.7 Å². The van der Waals surface area contributed by atoms with Gasteiger partial charge in [0.1, 0.15) is 5.75 Å². The van der Waals surface area contributed by atoms with Gasteiger partial charge in [0.05, 0.1) is 11.5 Å². The molecule has 1 saturated heterocycles. The number of nitrogens with one attached hydrogen (secondary N) is 1. The molecule has 0 unspecified atom stereocenters.